The molecule has 0 bridgehead atoms. The molecule has 1 aromatic heterocycles. The molecule has 1 aromatic carbocycles. The molecule has 9 heteroatoms. The van der Waals surface area contributed by atoms with Crippen molar-refractivity contribution < 1.29 is 23.5 Å². The second-order valence-corrected chi connectivity index (χ2v) is 12.3. The van der Waals surface area contributed by atoms with Gasteiger partial charge in [-0.25, -0.2) is 9.18 Å². The van der Waals surface area contributed by atoms with Crippen LogP contribution in [0.5, 0.6) is 0 Å². The molecule has 0 radical (unpaired) electrons. The van der Waals surface area contributed by atoms with Crippen molar-refractivity contribution in [1.82, 2.24) is 14.8 Å². The molecule has 8 nitrogen and oxygen atoms in total. The number of ether oxygens (including phenoxy) is 2. The summed E-state index contributed by atoms with van der Waals surface area (Å²) in [6.45, 7) is 13.8. The van der Waals surface area contributed by atoms with E-state index in [-0.39, 0.29) is 41.9 Å². The van der Waals surface area contributed by atoms with Crippen molar-refractivity contribution in [3.8, 4) is 0 Å². The zero-order chi connectivity index (χ0) is 28.5. The third-order valence-corrected chi connectivity index (χ3v) is 7.42. The monoisotopic (exact) mass is 540 g/mol. The summed E-state index contributed by atoms with van der Waals surface area (Å²) in [5.41, 5.74) is 2.27. The number of hydrogen-bond acceptors (Lipinski definition) is 6. The van der Waals surface area contributed by atoms with Crippen LogP contribution in [0.15, 0.2) is 36.5 Å². The van der Waals surface area contributed by atoms with E-state index < -0.39 is 5.60 Å². The molecule has 4 rings (SSSR count). The van der Waals surface area contributed by atoms with Gasteiger partial charge in [0.05, 0.1) is 24.9 Å². The van der Waals surface area contributed by atoms with Crippen LogP contribution in [0.25, 0.3) is 0 Å². The zero-order valence-electron chi connectivity index (χ0n) is 24.2. The molecule has 0 aliphatic carbocycles. The number of amides is 2. The average molecular weight is 541 g/mol. The second-order valence-electron chi connectivity index (χ2n) is 12.3. The first kappa shape index (κ1) is 29.0. The molecule has 0 unspecified atom stereocenters. The zero-order valence-corrected chi connectivity index (χ0v) is 24.2. The van der Waals surface area contributed by atoms with E-state index in [0.717, 1.165) is 11.3 Å². The largest absolute Gasteiger partial charge is 0.444 e. The fourth-order valence-electron chi connectivity index (χ4n) is 5.44. The van der Waals surface area contributed by atoms with Gasteiger partial charge in [0.1, 0.15) is 11.4 Å². The number of nitrogens with zero attached hydrogens (tertiary/aromatic N) is 4. The number of aromatic nitrogens is 1. The number of halogens is 1. The summed E-state index contributed by atoms with van der Waals surface area (Å²) < 4.78 is 25.4. The van der Waals surface area contributed by atoms with Crippen LogP contribution in [-0.4, -0.2) is 84.4 Å². The SMILES string of the molecule is COC[C@H]1CN(C(=O)OC(C)(C)C)[C@H](C)CN1CC(=O)N1CC(C)(C)c2cnc(Cc3ccccc3F)cc21. The summed E-state index contributed by atoms with van der Waals surface area (Å²) in [6, 6.07) is 8.33. The van der Waals surface area contributed by atoms with Crippen LogP contribution in [0.1, 0.15) is 58.4 Å². The summed E-state index contributed by atoms with van der Waals surface area (Å²) in [5.74, 6) is -0.291. The number of fused-ring (bicyclic) bond motifs is 1. The highest BCUT2D eigenvalue weighted by Crippen LogP contribution is 2.40. The fraction of sp³-hybridized carbons (Fsp3) is 0.567. The highest BCUT2D eigenvalue weighted by atomic mass is 19.1. The Morgan fingerprint density at radius 2 is 1.90 bits per heavy atom. The lowest BCUT2D eigenvalue weighted by Crippen LogP contribution is -2.62. The van der Waals surface area contributed by atoms with Crippen molar-refractivity contribution in [1.29, 1.82) is 0 Å². The maximum atomic E-state index is 14.3. The number of anilines is 1. The van der Waals surface area contributed by atoms with E-state index in [2.05, 4.69) is 23.7 Å². The predicted octanol–water partition coefficient (Wildman–Crippen LogP) is 4.39. The normalized spacial score (nSPS) is 21.1. The summed E-state index contributed by atoms with van der Waals surface area (Å²) in [5, 5.41) is 0. The molecule has 39 heavy (non-hydrogen) atoms. The van der Waals surface area contributed by atoms with Gasteiger partial charge < -0.3 is 19.3 Å². The molecule has 2 amide bonds. The molecule has 0 spiro atoms. The number of methoxy groups -OCH3 is 1. The molecular weight excluding hydrogens is 499 g/mol. The minimum atomic E-state index is -0.587. The Morgan fingerprint density at radius 1 is 1.18 bits per heavy atom. The lowest BCUT2D eigenvalue weighted by atomic mass is 9.88. The number of carbonyl (C=O) groups excluding carboxylic acids is 2. The number of carbonyl (C=O) groups is 2. The van der Waals surface area contributed by atoms with Crippen molar-refractivity contribution >= 4 is 17.7 Å². The number of pyridine rings is 1. The highest BCUT2D eigenvalue weighted by Gasteiger charge is 2.41. The molecule has 1 fully saturated rings. The molecule has 1 saturated heterocycles. The maximum Gasteiger partial charge on any atom is 0.410 e. The number of piperazine rings is 1. The number of rotatable bonds is 6. The Kier molecular flexibility index (Phi) is 8.33. The second kappa shape index (κ2) is 11.2. The van der Waals surface area contributed by atoms with Crippen LogP contribution < -0.4 is 4.90 Å². The summed E-state index contributed by atoms with van der Waals surface area (Å²) in [7, 11) is 1.62. The molecule has 2 aromatic rings. The van der Waals surface area contributed by atoms with E-state index in [4.69, 9.17) is 9.47 Å². The fourth-order valence-corrected chi connectivity index (χ4v) is 5.44. The van der Waals surface area contributed by atoms with E-state index in [9.17, 15) is 14.0 Å². The van der Waals surface area contributed by atoms with Crippen molar-refractivity contribution in [2.24, 2.45) is 0 Å². The van der Waals surface area contributed by atoms with Gasteiger partial charge in [-0.2, -0.15) is 0 Å². The third-order valence-electron chi connectivity index (χ3n) is 7.42. The van der Waals surface area contributed by atoms with Gasteiger partial charge in [0.25, 0.3) is 0 Å². The lowest BCUT2D eigenvalue weighted by Gasteiger charge is -2.45. The van der Waals surface area contributed by atoms with Gasteiger partial charge >= 0.3 is 6.09 Å². The number of hydrogen-bond donors (Lipinski definition) is 0. The van der Waals surface area contributed by atoms with Crippen LogP contribution in [0.2, 0.25) is 0 Å². The van der Waals surface area contributed by atoms with Crippen molar-refractivity contribution in [3.63, 3.8) is 0 Å². The average Bonchev–Trinajstić information content (AvgIpc) is 3.11. The van der Waals surface area contributed by atoms with Gasteiger partial charge in [0.15, 0.2) is 0 Å². The Bertz CT molecular complexity index is 1210. The van der Waals surface area contributed by atoms with E-state index in [1.165, 1.54) is 6.07 Å². The summed E-state index contributed by atoms with van der Waals surface area (Å²) in [4.78, 5) is 36.9. The standard InChI is InChI=1S/C30H41FN4O4/c1-20-15-33(23(18-38-7)16-34(20)28(37)39-29(2,3)4)17-27(36)35-19-30(5,6)24-14-32-22(13-26(24)35)12-21-10-8-9-11-25(21)31/h8-11,13-14,20,23H,12,15-19H2,1-7H3/t20-,23-/m1/s1. The van der Waals surface area contributed by atoms with Gasteiger partial charge in [-0.15, -0.1) is 0 Å². The Hall–Kier alpha value is -3.04. The van der Waals surface area contributed by atoms with Gasteiger partial charge in [-0.1, -0.05) is 32.0 Å². The molecule has 2 aliphatic rings. The third kappa shape index (κ3) is 6.58. The van der Waals surface area contributed by atoms with Crippen LogP contribution in [0.3, 0.4) is 0 Å². The van der Waals surface area contributed by atoms with Crippen LogP contribution in [0, 0.1) is 5.82 Å². The van der Waals surface area contributed by atoms with Crippen LogP contribution in [0.4, 0.5) is 14.9 Å². The van der Waals surface area contributed by atoms with Crippen LogP contribution >= 0.6 is 0 Å². The lowest BCUT2D eigenvalue weighted by molar-refractivity contribution is -0.121. The first-order chi connectivity index (χ1) is 18.3. The van der Waals surface area contributed by atoms with Gasteiger partial charge in [-0.05, 0) is 45.4 Å². The van der Waals surface area contributed by atoms with Crippen molar-refractivity contribution in [3.05, 3.63) is 59.2 Å². The minimum absolute atomic E-state index is 0.0242. The van der Waals surface area contributed by atoms with Crippen LogP contribution in [-0.2, 0) is 26.1 Å². The van der Waals surface area contributed by atoms with Gasteiger partial charge in [0.2, 0.25) is 5.91 Å². The first-order valence-electron chi connectivity index (χ1n) is 13.5. The Labute approximate surface area is 231 Å². The molecule has 212 valence electrons. The van der Waals surface area contributed by atoms with E-state index >= 15 is 0 Å². The smallest absolute Gasteiger partial charge is 0.410 e. The summed E-state index contributed by atoms with van der Waals surface area (Å²) >= 11 is 0. The Morgan fingerprint density at radius 3 is 2.56 bits per heavy atom. The predicted molar refractivity (Wildman–Crippen MR) is 148 cm³/mol. The first-order valence-corrected chi connectivity index (χ1v) is 13.5. The van der Waals surface area contributed by atoms with Crippen molar-refractivity contribution in [2.45, 2.75) is 71.1 Å². The van der Waals surface area contributed by atoms with Gasteiger partial charge in [0, 0.05) is 62.1 Å². The molecular formula is C30H41FN4O4. The maximum absolute atomic E-state index is 14.3. The topological polar surface area (TPSA) is 75.2 Å². The molecule has 0 saturated carbocycles. The van der Waals surface area contributed by atoms with Crippen molar-refractivity contribution in [2.75, 3.05) is 44.8 Å². The molecule has 2 atom stereocenters. The van der Waals surface area contributed by atoms with E-state index in [0.29, 0.717) is 43.9 Å². The highest BCUT2D eigenvalue weighted by molar-refractivity contribution is 5.97. The summed E-state index contributed by atoms with van der Waals surface area (Å²) in [6.07, 6.45) is 1.82. The Balaban J connectivity index is 1.52. The number of benzene rings is 1. The molecule has 0 N–H and O–H groups in total. The quantitative estimate of drug-likeness (QED) is 0.541. The van der Waals surface area contributed by atoms with E-state index in [1.54, 1.807) is 24.1 Å². The minimum Gasteiger partial charge on any atom is -0.444 e. The van der Waals surface area contributed by atoms with E-state index in [1.807, 2.05) is 50.9 Å². The molecule has 2 aliphatic heterocycles. The van der Waals surface area contributed by atoms with Gasteiger partial charge in [-0.3, -0.25) is 14.7 Å². The molecule has 3 heterocycles.